The molecule has 1 amide bonds. The van der Waals surface area contributed by atoms with Crippen molar-refractivity contribution in [2.24, 2.45) is 5.73 Å². The second-order valence-corrected chi connectivity index (χ2v) is 4.30. The van der Waals surface area contributed by atoms with Gasteiger partial charge in [0.15, 0.2) is 0 Å². The maximum Gasteiger partial charge on any atom is 0.261 e. The van der Waals surface area contributed by atoms with Crippen LogP contribution >= 0.6 is 0 Å². The number of phenolic OH excluding ortho intramolecular Hbond substituents is 2. The first kappa shape index (κ1) is 11.7. The first-order valence-electron chi connectivity index (χ1n) is 5.65. The number of phenols is 2. The molecular formula is C12H16N2O3. The van der Waals surface area contributed by atoms with E-state index in [0.29, 0.717) is 13.1 Å². The lowest BCUT2D eigenvalue weighted by atomic mass is 10.0. The number of amides is 1. The monoisotopic (exact) mass is 236 g/mol. The quantitative estimate of drug-likeness (QED) is 0.668. The van der Waals surface area contributed by atoms with Crippen molar-refractivity contribution < 1.29 is 15.0 Å². The molecule has 0 spiro atoms. The molecule has 0 aliphatic carbocycles. The standard InChI is InChI=1S/C12H16N2O3/c13-8-4-6-14(7-5-8)12(17)11-9(15)2-1-3-10(11)16/h1-3,8,15-16H,4-7,13H2. The van der Waals surface area contributed by atoms with Crippen molar-refractivity contribution in [1.82, 2.24) is 4.90 Å². The highest BCUT2D eigenvalue weighted by molar-refractivity contribution is 5.99. The van der Waals surface area contributed by atoms with Crippen molar-refractivity contribution in [3.8, 4) is 11.5 Å². The van der Waals surface area contributed by atoms with Gasteiger partial charge in [-0.15, -0.1) is 0 Å². The summed E-state index contributed by atoms with van der Waals surface area (Å²) in [5.41, 5.74) is 5.73. The second kappa shape index (κ2) is 4.63. The summed E-state index contributed by atoms with van der Waals surface area (Å²) in [5, 5.41) is 19.2. The predicted octanol–water partition coefficient (Wildman–Crippen LogP) is 0.661. The Morgan fingerprint density at radius 3 is 2.29 bits per heavy atom. The van der Waals surface area contributed by atoms with Gasteiger partial charge in [0.05, 0.1) is 0 Å². The largest absolute Gasteiger partial charge is 0.507 e. The van der Waals surface area contributed by atoms with Crippen LogP contribution in [0.15, 0.2) is 18.2 Å². The molecule has 92 valence electrons. The zero-order valence-corrected chi connectivity index (χ0v) is 9.47. The minimum Gasteiger partial charge on any atom is -0.507 e. The summed E-state index contributed by atoms with van der Waals surface area (Å²) in [7, 11) is 0. The van der Waals surface area contributed by atoms with Crippen LogP contribution in [0.2, 0.25) is 0 Å². The highest BCUT2D eigenvalue weighted by Gasteiger charge is 2.25. The van der Waals surface area contributed by atoms with E-state index in [1.54, 1.807) is 4.90 Å². The number of nitrogens with two attached hydrogens (primary N) is 1. The SMILES string of the molecule is NC1CCN(C(=O)c2c(O)cccc2O)CC1. The maximum absolute atomic E-state index is 12.1. The van der Waals surface area contributed by atoms with Gasteiger partial charge in [0, 0.05) is 19.1 Å². The number of likely N-dealkylation sites (tertiary alicyclic amines) is 1. The second-order valence-electron chi connectivity index (χ2n) is 4.30. The van der Waals surface area contributed by atoms with E-state index < -0.39 is 0 Å². The third-order valence-electron chi connectivity index (χ3n) is 3.06. The van der Waals surface area contributed by atoms with Gasteiger partial charge >= 0.3 is 0 Å². The highest BCUT2D eigenvalue weighted by Crippen LogP contribution is 2.28. The molecule has 0 saturated carbocycles. The number of aromatic hydroxyl groups is 2. The average molecular weight is 236 g/mol. The Morgan fingerprint density at radius 1 is 1.24 bits per heavy atom. The molecule has 1 fully saturated rings. The number of carbonyl (C=O) groups is 1. The van der Waals surface area contributed by atoms with Gasteiger partial charge in [0.2, 0.25) is 0 Å². The zero-order valence-electron chi connectivity index (χ0n) is 9.47. The first-order chi connectivity index (χ1) is 8.09. The fourth-order valence-electron chi connectivity index (χ4n) is 2.01. The summed E-state index contributed by atoms with van der Waals surface area (Å²) in [6.45, 7) is 1.13. The molecule has 5 heteroatoms. The Hall–Kier alpha value is -1.75. The number of piperidine rings is 1. The van der Waals surface area contributed by atoms with Crippen LogP contribution in [0.4, 0.5) is 0 Å². The number of benzene rings is 1. The Kier molecular flexibility index (Phi) is 3.19. The molecule has 4 N–H and O–H groups in total. The van der Waals surface area contributed by atoms with E-state index in [0.717, 1.165) is 12.8 Å². The summed E-state index contributed by atoms with van der Waals surface area (Å²) in [5.74, 6) is -0.720. The molecule has 0 bridgehead atoms. The van der Waals surface area contributed by atoms with Crippen LogP contribution in [0.3, 0.4) is 0 Å². The molecule has 5 nitrogen and oxygen atoms in total. The number of nitrogens with zero attached hydrogens (tertiary/aromatic N) is 1. The van der Waals surface area contributed by atoms with Crippen molar-refractivity contribution in [2.75, 3.05) is 13.1 Å². The normalized spacial score (nSPS) is 17.1. The van der Waals surface area contributed by atoms with Crippen LogP contribution < -0.4 is 5.73 Å². The molecule has 1 aromatic carbocycles. The lowest BCUT2D eigenvalue weighted by Crippen LogP contribution is -2.42. The molecule has 0 atom stereocenters. The molecule has 0 unspecified atom stereocenters. The third-order valence-corrected chi connectivity index (χ3v) is 3.06. The van der Waals surface area contributed by atoms with E-state index in [9.17, 15) is 15.0 Å². The zero-order chi connectivity index (χ0) is 12.4. The van der Waals surface area contributed by atoms with Gasteiger partial charge in [-0.3, -0.25) is 4.79 Å². The Labute approximate surface area is 99.5 Å². The molecule has 1 saturated heterocycles. The lowest BCUT2D eigenvalue weighted by molar-refractivity contribution is 0.0708. The molecule has 17 heavy (non-hydrogen) atoms. The van der Waals surface area contributed by atoms with Crippen molar-refractivity contribution in [3.63, 3.8) is 0 Å². The lowest BCUT2D eigenvalue weighted by Gasteiger charge is -2.30. The predicted molar refractivity (Wildman–Crippen MR) is 62.9 cm³/mol. The van der Waals surface area contributed by atoms with Crippen LogP contribution in [0.1, 0.15) is 23.2 Å². The maximum atomic E-state index is 12.1. The molecule has 0 aromatic heterocycles. The Balaban J connectivity index is 2.20. The van der Waals surface area contributed by atoms with Gasteiger partial charge in [-0.2, -0.15) is 0 Å². The van der Waals surface area contributed by atoms with E-state index in [1.165, 1.54) is 18.2 Å². The molecule has 2 rings (SSSR count). The highest BCUT2D eigenvalue weighted by atomic mass is 16.3. The fraction of sp³-hybridized carbons (Fsp3) is 0.417. The molecule has 1 aliphatic heterocycles. The molecule has 0 radical (unpaired) electrons. The van der Waals surface area contributed by atoms with E-state index in [4.69, 9.17) is 5.73 Å². The molecule has 1 aromatic rings. The number of hydrogen-bond donors (Lipinski definition) is 3. The van der Waals surface area contributed by atoms with Crippen LogP contribution in [-0.4, -0.2) is 40.2 Å². The van der Waals surface area contributed by atoms with Crippen LogP contribution in [-0.2, 0) is 0 Å². The summed E-state index contributed by atoms with van der Waals surface area (Å²) in [6, 6.07) is 4.41. The Morgan fingerprint density at radius 2 is 1.76 bits per heavy atom. The van der Waals surface area contributed by atoms with Gasteiger partial charge in [0.1, 0.15) is 17.1 Å². The van der Waals surface area contributed by atoms with Crippen molar-refractivity contribution in [3.05, 3.63) is 23.8 Å². The van der Waals surface area contributed by atoms with E-state index in [2.05, 4.69) is 0 Å². The average Bonchev–Trinajstić information content (AvgIpc) is 2.29. The van der Waals surface area contributed by atoms with Crippen molar-refractivity contribution >= 4 is 5.91 Å². The summed E-state index contributed by atoms with van der Waals surface area (Å²) in [6.07, 6.45) is 1.50. The molecule has 1 aliphatic rings. The topological polar surface area (TPSA) is 86.8 Å². The van der Waals surface area contributed by atoms with Gasteiger partial charge in [-0.25, -0.2) is 0 Å². The van der Waals surface area contributed by atoms with Gasteiger partial charge in [0.25, 0.3) is 5.91 Å². The number of carbonyl (C=O) groups excluding carboxylic acids is 1. The molecule has 1 heterocycles. The van der Waals surface area contributed by atoms with Crippen molar-refractivity contribution in [2.45, 2.75) is 18.9 Å². The molecular weight excluding hydrogens is 220 g/mol. The van der Waals surface area contributed by atoms with Gasteiger partial charge in [-0.1, -0.05) is 6.07 Å². The third kappa shape index (κ3) is 2.34. The summed E-state index contributed by atoms with van der Waals surface area (Å²) in [4.78, 5) is 13.7. The van der Waals surface area contributed by atoms with Gasteiger partial charge in [-0.05, 0) is 25.0 Å². The van der Waals surface area contributed by atoms with Gasteiger partial charge < -0.3 is 20.8 Å². The summed E-state index contributed by atoms with van der Waals surface area (Å²) < 4.78 is 0. The van der Waals surface area contributed by atoms with Crippen LogP contribution in [0, 0.1) is 0 Å². The van der Waals surface area contributed by atoms with Crippen molar-refractivity contribution in [1.29, 1.82) is 0 Å². The van der Waals surface area contributed by atoms with Crippen LogP contribution in [0.25, 0.3) is 0 Å². The van der Waals surface area contributed by atoms with Crippen LogP contribution in [0.5, 0.6) is 11.5 Å². The smallest absolute Gasteiger partial charge is 0.261 e. The van der Waals surface area contributed by atoms with E-state index in [-0.39, 0.29) is 29.0 Å². The minimum absolute atomic E-state index is 0.0250. The van der Waals surface area contributed by atoms with E-state index >= 15 is 0 Å². The number of rotatable bonds is 1. The number of hydrogen-bond acceptors (Lipinski definition) is 4. The first-order valence-corrected chi connectivity index (χ1v) is 5.65. The minimum atomic E-state index is -0.340. The summed E-state index contributed by atoms with van der Waals surface area (Å²) >= 11 is 0. The van der Waals surface area contributed by atoms with E-state index in [1.807, 2.05) is 0 Å². The fourth-order valence-corrected chi connectivity index (χ4v) is 2.01. The Bertz CT molecular complexity index is 406.